The summed E-state index contributed by atoms with van der Waals surface area (Å²) in [5.41, 5.74) is 0.943. The smallest absolute Gasteiger partial charge is 0.233 e. The number of hydrogen-bond acceptors (Lipinski definition) is 6. The van der Waals surface area contributed by atoms with E-state index >= 15 is 0 Å². The van der Waals surface area contributed by atoms with E-state index in [9.17, 15) is 0 Å². The van der Waals surface area contributed by atoms with E-state index < -0.39 is 0 Å². The molecule has 2 aromatic rings. The van der Waals surface area contributed by atoms with Crippen LogP contribution in [0.15, 0.2) is 16.8 Å². The third-order valence-electron chi connectivity index (χ3n) is 1.92. The second kappa shape index (κ2) is 5.79. The van der Waals surface area contributed by atoms with Crippen LogP contribution in [0.25, 0.3) is 0 Å². The van der Waals surface area contributed by atoms with Crippen molar-refractivity contribution in [3.63, 3.8) is 0 Å². The van der Waals surface area contributed by atoms with Gasteiger partial charge in [-0.05, 0) is 29.5 Å². The van der Waals surface area contributed by atoms with Gasteiger partial charge in [0.05, 0.1) is 5.69 Å². The maximum absolute atomic E-state index is 5.83. The van der Waals surface area contributed by atoms with Crippen molar-refractivity contribution in [3.05, 3.63) is 22.1 Å². The third kappa shape index (κ3) is 3.54. The number of nitrogens with one attached hydrogen (secondary N) is 2. The Morgan fingerprint density at radius 3 is 2.82 bits per heavy atom. The predicted molar refractivity (Wildman–Crippen MR) is 71.2 cm³/mol. The fourth-order valence-electron chi connectivity index (χ4n) is 1.19. The highest BCUT2D eigenvalue weighted by Gasteiger charge is 2.04. The zero-order chi connectivity index (χ0) is 12.1. The average molecular weight is 270 g/mol. The van der Waals surface area contributed by atoms with Crippen LogP contribution in [0, 0.1) is 0 Å². The predicted octanol–water partition coefficient (Wildman–Crippen LogP) is 3.15. The lowest BCUT2D eigenvalue weighted by Gasteiger charge is -2.06. The van der Waals surface area contributed by atoms with Crippen LogP contribution in [-0.4, -0.2) is 21.5 Å². The van der Waals surface area contributed by atoms with Gasteiger partial charge in [0, 0.05) is 11.9 Å². The normalized spacial score (nSPS) is 10.2. The van der Waals surface area contributed by atoms with Gasteiger partial charge in [-0.1, -0.05) is 6.92 Å². The lowest BCUT2D eigenvalue weighted by Crippen LogP contribution is -2.07. The molecule has 0 aromatic carbocycles. The zero-order valence-electron chi connectivity index (χ0n) is 9.27. The van der Waals surface area contributed by atoms with Gasteiger partial charge >= 0.3 is 0 Å². The fourth-order valence-corrected chi connectivity index (χ4v) is 1.93. The zero-order valence-corrected chi connectivity index (χ0v) is 10.8. The molecule has 0 aliphatic rings. The second-order valence-corrected chi connectivity index (χ2v) is 4.43. The molecular weight excluding hydrogens is 258 g/mol. The van der Waals surface area contributed by atoms with Gasteiger partial charge in [-0.15, -0.1) is 0 Å². The Bertz CT molecular complexity index is 474. The first-order valence-electron chi connectivity index (χ1n) is 5.22. The van der Waals surface area contributed by atoms with E-state index in [2.05, 4.69) is 32.5 Å². The highest BCUT2D eigenvalue weighted by atomic mass is 35.5. The summed E-state index contributed by atoms with van der Waals surface area (Å²) >= 11 is 7.43. The topological polar surface area (TPSA) is 62.7 Å². The molecule has 0 unspecified atom stereocenters. The van der Waals surface area contributed by atoms with Gasteiger partial charge in [-0.25, -0.2) is 0 Å². The Kier molecular flexibility index (Phi) is 4.11. The van der Waals surface area contributed by atoms with E-state index in [4.69, 9.17) is 11.6 Å². The van der Waals surface area contributed by atoms with Gasteiger partial charge in [-0.3, -0.25) is 0 Å². The molecule has 2 N–H and O–H groups in total. The molecule has 5 nitrogen and oxygen atoms in total. The van der Waals surface area contributed by atoms with Crippen LogP contribution in [-0.2, 0) is 0 Å². The number of rotatable bonds is 5. The lowest BCUT2D eigenvalue weighted by molar-refractivity contribution is 0.940. The minimum atomic E-state index is 0.177. The number of thiophene rings is 1. The van der Waals surface area contributed by atoms with Crippen molar-refractivity contribution in [1.29, 1.82) is 0 Å². The first-order valence-corrected chi connectivity index (χ1v) is 6.54. The maximum atomic E-state index is 5.83. The quantitative estimate of drug-likeness (QED) is 0.873. The average Bonchev–Trinajstić information content (AvgIpc) is 2.78. The fraction of sp³-hybridized carbons (Fsp3) is 0.300. The molecule has 0 radical (unpaired) electrons. The van der Waals surface area contributed by atoms with Crippen molar-refractivity contribution >= 4 is 40.5 Å². The molecule has 0 aliphatic heterocycles. The number of nitrogens with zero attached hydrogens (tertiary/aromatic N) is 3. The molecule has 0 amide bonds. The molecule has 2 aromatic heterocycles. The number of anilines is 3. The summed E-state index contributed by atoms with van der Waals surface area (Å²) in [5, 5.41) is 10.3. The van der Waals surface area contributed by atoms with E-state index in [1.165, 1.54) is 0 Å². The summed E-state index contributed by atoms with van der Waals surface area (Å²) in [7, 11) is 0. The number of hydrogen-bond donors (Lipinski definition) is 2. The summed E-state index contributed by atoms with van der Waals surface area (Å²) in [5.74, 6) is 0.937. The molecule has 0 saturated heterocycles. The Hall–Kier alpha value is -1.40. The summed E-state index contributed by atoms with van der Waals surface area (Å²) in [4.78, 5) is 12.2. The van der Waals surface area contributed by atoms with Crippen molar-refractivity contribution < 1.29 is 0 Å². The molecule has 0 bridgehead atoms. The van der Waals surface area contributed by atoms with Gasteiger partial charge in [0.2, 0.25) is 17.2 Å². The molecule has 0 aliphatic carbocycles. The van der Waals surface area contributed by atoms with E-state index in [-0.39, 0.29) is 5.28 Å². The van der Waals surface area contributed by atoms with E-state index in [0.717, 1.165) is 18.7 Å². The molecule has 7 heteroatoms. The molecular formula is C10H12ClN5S. The van der Waals surface area contributed by atoms with Crippen LogP contribution in [0.5, 0.6) is 0 Å². The molecule has 0 fully saturated rings. The van der Waals surface area contributed by atoms with Crippen molar-refractivity contribution in [2.75, 3.05) is 17.2 Å². The maximum Gasteiger partial charge on any atom is 0.233 e. The molecule has 0 saturated carbocycles. The van der Waals surface area contributed by atoms with Crippen LogP contribution in [0.3, 0.4) is 0 Å². The Morgan fingerprint density at radius 1 is 1.29 bits per heavy atom. The molecule has 0 atom stereocenters. The summed E-state index contributed by atoms with van der Waals surface area (Å²) in [6.07, 6.45) is 0.997. The molecule has 0 spiro atoms. The van der Waals surface area contributed by atoms with Gasteiger partial charge in [0.25, 0.3) is 0 Å². The van der Waals surface area contributed by atoms with Crippen molar-refractivity contribution in [3.8, 4) is 0 Å². The SMILES string of the molecule is CCCNc1nc(Cl)nc(Nc2ccsc2)n1. The Morgan fingerprint density at radius 2 is 2.12 bits per heavy atom. The molecule has 2 heterocycles. The second-order valence-electron chi connectivity index (χ2n) is 3.32. The van der Waals surface area contributed by atoms with Crippen molar-refractivity contribution in [1.82, 2.24) is 15.0 Å². The molecule has 90 valence electrons. The van der Waals surface area contributed by atoms with Gasteiger partial charge in [0.15, 0.2) is 0 Å². The van der Waals surface area contributed by atoms with Crippen molar-refractivity contribution in [2.24, 2.45) is 0 Å². The Labute approximate surface area is 108 Å². The third-order valence-corrected chi connectivity index (χ3v) is 2.77. The van der Waals surface area contributed by atoms with Crippen LogP contribution in [0.2, 0.25) is 5.28 Å². The van der Waals surface area contributed by atoms with E-state index in [1.807, 2.05) is 16.8 Å². The van der Waals surface area contributed by atoms with Gasteiger partial charge < -0.3 is 10.6 Å². The van der Waals surface area contributed by atoms with Crippen molar-refractivity contribution in [2.45, 2.75) is 13.3 Å². The number of aromatic nitrogens is 3. The summed E-state index contributed by atoms with van der Waals surface area (Å²) in [6, 6.07) is 1.95. The highest BCUT2D eigenvalue weighted by molar-refractivity contribution is 7.08. The van der Waals surface area contributed by atoms with Gasteiger partial charge in [-0.2, -0.15) is 26.3 Å². The van der Waals surface area contributed by atoms with Crippen LogP contribution < -0.4 is 10.6 Å². The molecule has 2 rings (SSSR count). The van der Waals surface area contributed by atoms with E-state index in [0.29, 0.717) is 11.9 Å². The lowest BCUT2D eigenvalue weighted by atomic mass is 10.5. The monoisotopic (exact) mass is 269 g/mol. The minimum Gasteiger partial charge on any atom is -0.354 e. The number of halogens is 1. The van der Waals surface area contributed by atoms with Crippen LogP contribution >= 0.6 is 22.9 Å². The first-order chi connectivity index (χ1) is 8.28. The van der Waals surface area contributed by atoms with E-state index in [1.54, 1.807) is 11.3 Å². The van der Waals surface area contributed by atoms with Crippen LogP contribution in [0.1, 0.15) is 13.3 Å². The first kappa shape index (κ1) is 12.1. The van der Waals surface area contributed by atoms with Crippen LogP contribution in [0.4, 0.5) is 17.6 Å². The standard InChI is InChI=1S/C10H12ClN5S/c1-2-4-12-9-14-8(11)15-10(16-9)13-7-3-5-17-6-7/h3,5-6H,2,4H2,1H3,(H2,12,13,14,15,16). The Balaban J connectivity index is 2.13. The van der Waals surface area contributed by atoms with Gasteiger partial charge in [0.1, 0.15) is 0 Å². The largest absolute Gasteiger partial charge is 0.354 e. The summed E-state index contributed by atoms with van der Waals surface area (Å²) < 4.78 is 0. The molecule has 17 heavy (non-hydrogen) atoms. The minimum absolute atomic E-state index is 0.177. The summed E-state index contributed by atoms with van der Waals surface area (Å²) in [6.45, 7) is 2.87. The highest BCUT2D eigenvalue weighted by Crippen LogP contribution is 2.18.